The van der Waals surface area contributed by atoms with Crippen LogP contribution in [0, 0.1) is 0 Å². The minimum Gasteiger partial charge on any atom is -0.507 e. The van der Waals surface area contributed by atoms with Crippen molar-refractivity contribution in [3.63, 3.8) is 0 Å². The van der Waals surface area contributed by atoms with Gasteiger partial charge in [-0.15, -0.1) is 0 Å². The van der Waals surface area contributed by atoms with Crippen LogP contribution >= 0.6 is 0 Å². The third-order valence-electron chi connectivity index (χ3n) is 2.79. The quantitative estimate of drug-likeness (QED) is 0.489. The number of para-hydroxylation sites is 1. The van der Waals surface area contributed by atoms with Crippen LogP contribution in [0.15, 0.2) is 66.3 Å². The molecule has 5 nitrogen and oxygen atoms in total. The SMILES string of the molecule is C=CCOc1ccc(C(=O)NN=Cc2ccccc2O)cc1. The van der Waals surface area contributed by atoms with Crippen molar-refractivity contribution in [1.82, 2.24) is 5.43 Å². The first kappa shape index (κ1) is 15.3. The molecule has 1 amide bonds. The average Bonchev–Trinajstić information content (AvgIpc) is 2.55. The predicted octanol–water partition coefficient (Wildman–Crippen LogP) is 2.72. The Kier molecular flexibility index (Phi) is 5.31. The van der Waals surface area contributed by atoms with Gasteiger partial charge in [-0.3, -0.25) is 4.79 Å². The van der Waals surface area contributed by atoms with Crippen LogP contribution in [-0.2, 0) is 0 Å². The van der Waals surface area contributed by atoms with E-state index in [1.165, 1.54) is 6.21 Å². The van der Waals surface area contributed by atoms with Crippen molar-refractivity contribution >= 4 is 12.1 Å². The van der Waals surface area contributed by atoms with Gasteiger partial charge in [0.05, 0.1) is 6.21 Å². The minimum absolute atomic E-state index is 0.101. The number of hydrazone groups is 1. The van der Waals surface area contributed by atoms with Crippen LogP contribution in [-0.4, -0.2) is 23.8 Å². The van der Waals surface area contributed by atoms with Crippen LogP contribution in [0.2, 0.25) is 0 Å². The fourth-order valence-electron chi connectivity index (χ4n) is 1.68. The highest BCUT2D eigenvalue weighted by Gasteiger charge is 2.04. The fourth-order valence-corrected chi connectivity index (χ4v) is 1.68. The molecule has 22 heavy (non-hydrogen) atoms. The number of hydrogen-bond donors (Lipinski definition) is 2. The second-order valence-electron chi connectivity index (χ2n) is 4.38. The van der Waals surface area contributed by atoms with Crippen molar-refractivity contribution in [3.05, 3.63) is 72.3 Å². The Morgan fingerprint density at radius 3 is 2.64 bits per heavy atom. The number of nitrogens with one attached hydrogen (secondary N) is 1. The van der Waals surface area contributed by atoms with Gasteiger partial charge in [-0.2, -0.15) is 5.10 Å². The Morgan fingerprint density at radius 2 is 1.95 bits per heavy atom. The summed E-state index contributed by atoms with van der Waals surface area (Å²) in [6.45, 7) is 3.98. The van der Waals surface area contributed by atoms with E-state index < -0.39 is 0 Å². The van der Waals surface area contributed by atoms with Gasteiger partial charge in [0, 0.05) is 11.1 Å². The van der Waals surface area contributed by atoms with Gasteiger partial charge in [-0.1, -0.05) is 24.8 Å². The first-order valence-electron chi connectivity index (χ1n) is 6.66. The van der Waals surface area contributed by atoms with Crippen LogP contribution in [0.3, 0.4) is 0 Å². The van der Waals surface area contributed by atoms with Gasteiger partial charge in [0.25, 0.3) is 5.91 Å². The number of phenolic OH excluding ortho intramolecular Hbond substituents is 1. The van der Waals surface area contributed by atoms with E-state index in [2.05, 4.69) is 17.1 Å². The molecule has 5 heteroatoms. The zero-order chi connectivity index (χ0) is 15.8. The van der Waals surface area contributed by atoms with E-state index >= 15 is 0 Å². The molecule has 0 fully saturated rings. The number of rotatable bonds is 6. The van der Waals surface area contributed by atoms with Crippen LogP contribution in [0.1, 0.15) is 15.9 Å². The minimum atomic E-state index is -0.345. The normalized spacial score (nSPS) is 10.4. The molecular weight excluding hydrogens is 280 g/mol. The summed E-state index contributed by atoms with van der Waals surface area (Å²) in [5.41, 5.74) is 3.38. The fraction of sp³-hybridized carbons (Fsp3) is 0.0588. The van der Waals surface area contributed by atoms with Gasteiger partial charge in [-0.05, 0) is 36.4 Å². The van der Waals surface area contributed by atoms with Gasteiger partial charge < -0.3 is 9.84 Å². The van der Waals surface area contributed by atoms with Crippen molar-refractivity contribution in [2.24, 2.45) is 5.10 Å². The first-order valence-corrected chi connectivity index (χ1v) is 6.66. The maximum absolute atomic E-state index is 11.9. The Hall–Kier alpha value is -3.08. The molecule has 0 aromatic heterocycles. The summed E-state index contributed by atoms with van der Waals surface area (Å²) < 4.78 is 5.33. The number of phenols is 1. The maximum atomic E-state index is 11.9. The number of amides is 1. The monoisotopic (exact) mass is 296 g/mol. The molecule has 0 aliphatic carbocycles. The van der Waals surface area contributed by atoms with Gasteiger partial charge in [0.1, 0.15) is 18.1 Å². The summed E-state index contributed by atoms with van der Waals surface area (Å²) in [5.74, 6) is 0.417. The summed E-state index contributed by atoms with van der Waals surface area (Å²) in [7, 11) is 0. The molecule has 0 unspecified atom stereocenters. The molecular formula is C17H16N2O3. The molecule has 2 rings (SSSR count). The van der Waals surface area contributed by atoms with Crippen LogP contribution < -0.4 is 10.2 Å². The Bertz CT molecular complexity index is 679. The first-order chi connectivity index (χ1) is 10.7. The zero-order valence-corrected chi connectivity index (χ0v) is 11.9. The molecule has 0 bridgehead atoms. The molecule has 0 radical (unpaired) electrons. The van der Waals surface area contributed by atoms with Crippen molar-refractivity contribution in [2.45, 2.75) is 0 Å². The standard InChI is InChI=1S/C17H16N2O3/c1-2-11-22-15-9-7-13(8-10-15)17(21)19-18-12-14-5-3-4-6-16(14)20/h2-10,12,20H,1,11H2,(H,19,21). The number of nitrogens with zero attached hydrogens (tertiary/aromatic N) is 1. The molecule has 0 heterocycles. The van der Waals surface area contributed by atoms with Crippen molar-refractivity contribution in [2.75, 3.05) is 6.61 Å². The summed E-state index contributed by atoms with van der Waals surface area (Å²) in [4.78, 5) is 11.9. The summed E-state index contributed by atoms with van der Waals surface area (Å²) in [6, 6.07) is 13.4. The molecule has 2 aromatic carbocycles. The van der Waals surface area contributed by atoms with E-state index in [-0.39, 0.29) is 11.7 Å². The number of benzene rings is 2. The molecule has 2 N–H and O–H groups in total. The van der Waals surface area contributed by atoms with Gasteiger partial charge in [0.15, 0.2) is 0 Å². The third-order valence-corrected chi connectivity index (χ3v) is 2.79. The molecule has 2 aromatic rings. The van der Waals surface area contributed by atoms with Crippen molar-refractivity contribution < 1.29 is 14.6 Å². The van der Waals surface area contributed by atoms with Crippen LogP contribution in [0.4, 0.5) is 0 Å². The second-order valence-corrected chi connectivity index (χ2v) is 4.38. The highest BCUT2D eigenvalue weighted by atomic mass is 16.5. The number of aromatic hydroxyl groups is 1. The number of carbonyl (C=O) groups excluding carboxylic acids is 1. The molecule has 0 aliphatic heterocycles. The Morgan fingerprint density at radius 1 is 1.23 bits per heavy atom. The largest absolute Gasteiger partial charge is 0.507 e. The van der Waals surface area contributed by atoms with Crippen LogP contribution in [0.25, 0.3) is 0 Å². The lowest BCUT2D eigenvalue weighted by atomic mass is 10.2. The smallest absolute Gasteiger partial charge is 0.271 e. The molecule has 0 saturated carbocycles. The van der Waals surface area contributed by atoms with Crippen LogP contribution in [0.5, 0.6) is 11.5 Å². The number of ether oxygens (including phenoxy) is 1. The van der Waals surface area contributed by atoms with Gasteiger partial charge in [0.2, 0.25) is 0 Å². The van der Waals surface area contributed by atoms with Gasteiger partial charge in [-0.25, -0.2) is 5.43 Å². The lowest BCUT2D eigenvalue weighted by Crippen LogP contribution is -2.17. The summed E-state index contributed by atoms with van der Waals surface area (Å²) in [6.07, 6.45) is 3.03. The number of carbonyl (C=O) groups is 1. The third kappa shape index (κ3) is 4.21. The Labute approximate surface area is 128 Å². The molecule has 0 atom stereocenters. The molecule has 0 saturated heterocycles. The molecule has 0 aliphatic rings. The van der Waals surface area contributed by atoms with E-state index in [1.807, 2.05) is 0 Å². The lowest BCUT2D eigenvalue weighted by Gasteiger charge is -2.04. The number of hydrogen-bond acceptors (Lipinski definition) is 4. The average molecular weight is 296 g/mol. The highest BCUT2D eigenvalue weighted by molar-refractivity contribution is 5.95. The molecule has 0 spiro atoms. The lowest BCUT2D eigenvalue weighted by molar-refractivity contribution is 0.0955. The summed E-state index contributed by atoms with van der Waals surface area (Å²) >= 11 is 0. The van der Waals surface area contributed by atoms with E-state index in [9.17, 15) is 9.90 Å². The molecule has 112 valence electrons. The van der Waals surface area contributed by atoms with Crippen molar-refractivity contribution in [1.29, 1.82) is 0 Å². The zero-order valence-electron chi connectivity index (χ0n) is 11.9. The van der Waals surface area contributed by atoms with E-state index in [0.29, 0.717) is 23.5 Å². The Balaban J connectivity index is 1.94. The van der Waals surface area contributed by atoms with E-state index in [1.54, 1.807) is 54.6 Å². The predicted molar refractivity (Wildman–Crippen MR) is 85.3 cm³/mol. The van der Waals surface area contributed by atoms with E-state index in [0.717, 1.165) is 0 Å². The van der Waals surface area contributed by atoms with Gasteiger partial charge >= 0.3 is 0 Å². The maximum Gasteiger partial charge on any atom is 0.271 e. The second kappa shape index (κ2) is 7.64. The van der Waals surface area contributed by atoms with Crippen molar-refractivity contribution in [3.8, 4) is 11.5 Å². The highest BCUT2D eigenvalue weighted by Crippen LogP contribution is 2.13. The van der Waals surface area contributed by atoms with E-state index in [4.69, 9.17) is 4.74 Å². The summed E-state index contributed by atoms with van der Waals surface area (Å²) in [5, 5.41) is 13.4. The topological polar surface area (TPSA) is 70.9 Å².